The highest BCUT2D eigenvalue weighted by Gasteiger charge is 2.22. The predicted molar refractivity (Wildman–Crippen MR) is 83.1 cm³/mol. The van der Waals surface area contributed by atoms with Gasteiger partial charge in [-0.2, -0.15) is 0 Å². The van der Waals surface area contributed by atoms with Crippen molar-refractivity contribution in [3.05, 3.63) is 22.4 Å². The lowest BCUT2D eigenvalue weighted by Gasteiger charge is -2.08. The minimum absolute atomic E-state index is 0.0452. The van der Waals surface area contributed by atoms with Crippen molar-refractivity contribution < 1.29 is 14.3 Å². The standard InChI is InChI=1S/C14H14BrFN2O2S/c15-9-5-11-12(6-10(9)16)18(4-3-8-1-2-8)14(17-11)21-7-13(19)20/h5-6,8H,1-4,7H2,(H,19,20). The van der Waals surface area contributed by atoms with Gasteiger partial charge in [0.15, 0.2) is 5.16 Å². The molecular formula is C14H14BrFN2O2S. The topological polar surface area (TPSA) is 55.1 Å². The molecule has 0 radical (unpaired) electrons. The van der Waals surface area contributed by atoms with Gasteiger partial charge in [-0.25, -0.2) is 9.37 Å². The number of hydrogen-bond acceptors (Lipinski definition) is 3. The zero-order valence-corrected chi connectivity index (χ0v) is 13.6. The number of carboxylic acids is 1. The Morgan fingerprint density at radius 3 is 2.95 bits per heavy atom. The summed E-state index contributed by atoms with van der Waals surface area (Å²) in [5.74, 6) is -0.505. The molecule has 0 saturated heterocycles. The van der Waals surface area contributed by atoms with Crippen LogP contribution in [0.4, 0.5) is 4.39 Å². The van der Waals surface area contributed by atoms with Crippen LogP contribution in [0.3, 0.4) is 0 Å². The molecule has 1 aromatic heterocycles. The molecule has 112 valence electrons. The van der Waals surface area contributed by atoms with Gasteiger partial charge in [-0.3, -0.25) is 4.79 Å². The Bertz CT molecular complexity index is 700. The molecule has 7 heteroatoms. The Morgan fingerprint density at radius 2 is 2.29 bits per heavy atom. The number of nitrogens with zero attached hydrogens (tertiary/aromatic N) is 2. The number of imidazole rings is 1. The van der Waals surface area contributed by atoms with Crippen LogP contribution in [-0.4, -0.2) is 26.4 Å². The van der Waals surface area contributed by atoms with Gasteiger partial charge in [0.25, 0.3) is 0 Å². The van der Waals surface area contributed by atoms with Crippen LogP contribution in [0, 0.1) is 11.7 Å². The largest absolute Gasteiger partial charge is 0.481 e. The van der Waals surface area contributed by atoms with E-state index in [1.807, 2.05) is 4.57 Å². The van der Waals surface area contributed by atoms with Gasteiger partial charge in [-0.15, -0.1) is 0 Å². The van der Waals surface area contributed by atoms with Crippen molar-refractivity contribution in [3.8, 4) is 0 Å². The number of aryl methyl sites for hydroxylation is 1. The summed E-state index contributed by atoms with van der Waals surface area (Å²) in [6, 6.07) is 3.10. The normalized spacial score (nSPS) is 14.8. The number of aliphatic carboxylic acids is 1. The Labute approximate surface area is 133 Å². The van der Waals surface area contributed by atoms with Gasteiger partial charge >= 0.3 is 5.97 Å². The quantitative estimate of drug-likeness (QED) is 0.780. The molecule has 3 rings (SSSR count). The third-order valence-corrected chi connectivity index (χ3v) is 5.11. The number of halogens is 2. The summed E-state index contributed by atoms with van der Waals surface area (Å²) in [4.78, 5) is 15.2. The maximum absolute atomic E-state index is 13.8. The molecule has 0 atom stereocenters. The number of carboxylic acid groups (broad SMARTS) is 1. The van der Waals surface area contributed by atoms with Crippen molar-refractivity contribution in [2.24, 2.45) is 5.92 Å². The summed E-state index contributed by atoms with van der Waals surface area (Å²) in [5, 5.41) is 9.48. The first-order chi connectivity index (χ1) is 10.0. The lowest BCUT2D eigenvalue weighted by atomic mass is 10.2. The van der Waals surface area contributed by atoms with Gasteiger partial charge in [-0.1, -0.05) is 24.6 Å². The first-order valence-electron chi connectivity index (χ1n) is 6.74. The van der Waals surface area contributed by atoms with E-state index in [4.69, 9.17) is 5.11 Å². The van der Waals surface area contributed by atoms with Gasteiger partial charge in [0.1, 0.15) is 5.82 Å². The van der Waals surface area contributed by atoms with Gasteiger partial charge in [-0.05, 0) is 34.3 Å². The third-order valence-electron chi connectivity index (χ3n) is 3.54. The number of hydrogen-bond donors (Lipinski definition) is 1. The summed E-state index contributed by atoms with van der Waals surface area (Å²) in [7, 11) is 0. The molecule has 0 bridgehead atoms. The monoisotopic (exact) mass is 372 g/mol. The van der Waals surface area contributed by atoms with Crippen molar-refractivity contribution >= 4 is 44.7 Å². The van der Waals surface area contributed by atoms with E-state index >= 15 is 0 Å². The van der Waals surface area contributed by atoms with Crippen LogP contribution in [-0.2, 0) is 11.3 Å². The molecule has 1 N–H and O–H groups in total. The molecule has 1 heterocycles. The summed E-state index contributed by atoms with van der Waals surface area (Å²) in [5.41, 5.74) is 1.41. The van der Waals surface area contributed by atoms with Crippen molar-refractivity contribution in [1.29, 1.82) is 0 Å². The van der Waals surface area contributed by atoms with Gasteiger partial charge < -0.3 is 9.67 Å². The van der Waals surface area contributed by atoms with Gasteiger partial charge in [0.05, 0.1) is 21.3 Å². The fourth-order valence-electron chi connectivity index (χ4n) is 2.27. The van der Waals surface area contributed by atoms with Crippen molar-refractivity contribution in [1.82, 2.24) is 9.55 Å². The van der Waals surface area contributed by atoms with E-state index in [-0.39, 0.29) is 11.6 Å². The average molecular weight is 373 g/mol. The zero-order valence-electron chi connectivity index (χ0n) is 11.2. The molecule has 1 fully saturated rings. The average Bonchev–Trinajstić information content (AvgIpc) is 3.19. The first-order valence-corrected chi connectivity index (χ1v) is 8.52. The summed E-state index contributed by atoms with van der Waals surface area (Å²) < 4.78 is 16.1. The summed E-state index contributed by atoms with van der Waals surface area (Å²) in [6.45, 7) is 0.754. The second-order valence-corrected chi connectivity index (χ2v) is 7.01. The van der Waals surface area contributed by atoms with Gasteiger partial charge in [0, 0.05) is 12.6 Å². The molecule has 1 aromatic carbocycles. The molecule has 4 nitrogen and oxygen atoms in total. The number of benzene rings is 1. The molecule has 0 unspecified atom stereocenters. The van der Waals surface area contributed by atoms with Crippen LogP contribution in [0.25, 0.3) is 11.0 Å². The van der Waals surface area contributed by atoms with E-state index in [0.29, 0.717) is 15.1 Å². The second kappa shape index (κ2) is 5.96. The van der Waals surface area contributed by atoms with Crippen LogP contribution >= 0.6 is 27.7 Å². The molecular weight excluding hydrogens is 359 g/mol. The highest BCUT2D eigenvalue weighted by Crippen LogP contribution is 2.35. The second-order valence-electron chi connectivity index (χ2n) is 5.22. The smallest absolute Gasteiger partial charge is 0.313 e. The summed E-state index contributed by atoms with van der Waals surface area (Å²) >= 11 is 4.34. The fraction of sp³-hybridized carbons (Fsp3) is 0.429. The highest BCUT2D eigenvalue weighted by molar-refractivity contribution is 9.10. The van der Waals surface area contributed by atoms with Crippen LogP contribution < -0.4 is 0 Å². The number of thioether (sulfide) groups is 1. The summed E-state index contributed by atoms with van der Waals surface area (Å²) in [6.07, 6.45) is 3.54. The Hall–Kier alpha value is -1.08. The minimum Gasteiger partial charge on any atom is -0.481 e. The maximum Gasteiger partial charge on any atom is 0.313 e. The molecule has 0 aliphatic heterocycles. The SMILES string of the molecule is O=C(O)CSc1nc2cc(Br)c(F)cc2n1CCC1CC1. The maximum atomic E-state index is 13.8. The third kappa shape index (κ3) is 3.40. The molecule has 21 heavy (non-hydrogen) atoms. The number of aromatic nitrogens is 2. The van der Waals surface area contributed by atoms with E-state index in [0.717, 1.165) is 24.4 Å². The van der Waals surface area contributed by atoms with Crippen LogP contribution in [0.2, 0.25) is 0 Å². The van der Waals surface area contributed by atoms with Crippen LogP contribution in [0.1, 0.15) is 19.3 Å². The van der Waals surface area contributed by atoms with E-state index in [9.17, 15) is 9.18 Å². The zero-order chi connectivity index (χ0) is 15.0. The Balaban J connectivity index is 1.96. The van der Waals surface area contributed by atoms with Crippen LogP contribution in [0.5, 0.6) is 0 Å². The van der Waals surface area contributed by atoms with Crippen molar-refractivity contribution in [3.63, 3.8) is 0 Å². The number of carbonyl (C=O) groups is 1. The van der Waals surface area contributed by atoms with Crippen molar-refractivity contribution in [2.45, 2.75) is 31.0 Å². The van der Waals surface area contributed by atoms with Crippen LogP contribution in [0.15, 0.2) is 21.8 Å². The highest BCUT2D eigenvalue weighted by atomic mass is 79.9. The van der Waals surface area contributed by atoms with Gasteiger partial charge in [0.2, 0.25) is 0 Å². The lowest BCUT2D eigenvalue weighted by Crippen LogP contribution is -2.04. The van der Waals surface area contributed by atoms with E-state index in [1.54, 1.807) is 6.07 Å². The van der Waals surface area contributed by atoms with E-state index in [1.165, 1.54) is 30.7 Å². The number of fused-ring (bicyclic) bond motifs is 1. The van der Waals surface area contributed by atoms with E-state index < -0.39 is 5.97 Å². The predicted octanol–water partition coefficient (Wildman–Crippen LogP) is 3.91. The molecule has 1 aliphatic rings. The van der Waals surface area contributed by atoms with E-state index in [2.05, 4.69) is 20.9 Å². The Morgan fingerprint density at radius 1 is 1.52 bits per heavy atom. The molecule has 1 saturated carbocycles. The molecule has 1 aliphatic carbocycles. The van der Waals surface area contributed by atoms with Crippen molar-refractivity contribution in [2.75, 3.05) is 5.75 Å². The molecule has 0 spiro atoms. The molecule has 0 amide bonds. The lowest BCUT2D eigenvalue weighted by molar-refractivity contribution is -0.133. The number of rotatable bonds is 6. The first kappa shape index (κ1) is 14.8. The Kier molecular flexibility index (Phi) is 4.21. The minimum atomic E-state index is -0.881. The fourth-order valence-corrected chi connectivity index (χ4v) is 3.36. The molecule has 2 aromatic rings.